The van der Waals surface area contributed by atoms with E-state index in [4.69, 9.17) is 4.74 Å². The van der Waals surface area contributed by atoms with Crippen LogP contribution in [0.5, 0.6) is 0 Å². The van der Waals surface area contributed by atoms with Crippen molar-refractivity contribution < 1.29 is 4.74 Å². The summed E-state index contributed by atoms with van der Waals surface area (Å²) in [7, 11) is 1.88. The first-order valence-electron chi connectivity index (χ1n) is 6.03. The van der Waals surface area contributed by atoms with Crippen LogP contribution in [0.3, 0.4) is 0 Å². The lowest BCUT2D eigenvalue weighted by atomic mass is 10.0. The summed E-state index contributed by atoms with van der Waals surface area (Å²) in [4.78, 5) is 11.3. The molecular formula is C12H20N4OS. The molecule has 0 spiro atoms. The van der Waals surface area contributed by atoms with Crippen molar-refractivity contribution >= 4 is 23.4 Å². The van der Waals surface area contributed by atoms with Crippen LogP contribution in [-0.4, -0.2) is 48.6 Å². The summed E-state index contributed by atoms with van der Waals surface area (Å²) in [6.45, 7) is 6.68. The molecule has 1 aliphatic heterocycles. The number of hydrogen-bond acceptors (Lipinski definition) is 6. The first-order chi connectivity index (χ1) is 8.56. The number of rotatable bonds is 3. The molecule has 100 valence electrons. The van der Waals surface area contributed by atoms with E-state index in [-0.39, 0.29) is 5.54 Å². The fourth-order valence-corrected chi connectivity index (χ4v) is 2.43. The molecule has 0 aliphatic carbocycles. The Morgan fingerprint density at radius 1 is 1.44 bits per heavy atom. The normalized spacial score (nSPS) is 18.8. The van der Waals surface area contributed by atoms with Crippen molar-refractivity contribution in [3.8, 4) is 0 Å². The van der Waals surface area contributed by atoms with Crippen LogP contribution < -0.4 is 10.2 Å². The van der Waals surface area contributed by atoms with Gasteiger partial charge in [0, 0.05) is 19.7 Å². The van der Waals surface area contributed by atoms with E-state index in [2.05, 4.69) is 34.0 Å². The molecule has 2 rings (SSSR count). The van der Waals surface area contributed by atoms with Crippen LogP contribution in [0.1, 0.15) is 13.8 Å². The largest absolute Gasteiger partial charge is 0.377 e. The Morgan fingerprint density at radius 2 is 2.22 bits per heavy atom. The maximum atomic E-state index is 5.54. The van der Waals surface area contributed by atoms with Crippen molar-refractivity contribution in [1.82, 2.24) is 9.97 Å². The molecule has 0 unspecified atom stereocenters. The molecule has 1 aromatic rings. The number of anilines is 2. The van der Waals surface area contributed by atoms with Crippen molar-refractivity contribution in [2.75, 3.05) is 43.3 Å². The highest BCUT2D eigenvalue weighted by Gasteiger charge is 2.31. The highest BCUT2D eigenvalue weighted by Crippen LogP contribution is 2.28. The third-order valence-electron chi connectivity index (χ3n) is 3.05. The number of ether oxygens (including phenoxy) is 1. The number of aromatic nitrogens is 2. The van der Waals surface area contributed by atoms with E-state index in [1.807, 2.05) is 19.4 Å². The number of morpholine rings is 1. The van der Waals surface area contributed by atoms with Crippen LogP contribution in [-0.2, 0) is 4.74 Å². The topological polar surface area (TPSA) is 50.3 Å². The second-order valence-corrected chi connectivity index (χ2v) is 5.64. The van der Waals surface area contributed by atoms with Crippen LogP contribution in [0.2, 0.25) is 0 Å². The lowest BCUT2D eigenvalue weighted by Gasteiger charge is -2.43. The Morgan fingerprint density at radius 3 is 2.83 bits per heavy atom. The quantitative estimate of drug-likeness (QED) is 0.667. The molecule has 1 saturated heterocycles. The third kappa shape index (κ3) is 2.70. The zero-order valence-corrected chi connectivity index (χ0v) is 12.2. The van der Waals surface area contributed by atoms with Gasteiger partial charge in [-0.25, -0.2) is 9.97 Å². The van der Waals surface area contributed by atoms with Gasteiger partial charge in [-0.2, -0.15) is 0 Å². The van der Waals surface area contributed by atoms with Gasteiger partial charge in [0.15, 0.2) is 5.16 Å². The van der Waals surface area contributed by atoms with Crippen LogP contribution in [0.15, 0.2) is 11.2 Å². The van der Waals surface area contributed by atoms with Gasteiger partial charge in [0.2, 0.25) is 0 Å². The minimum Gasteiger partial charge on any atom is -0.377 e. The summed E-state index contributed by atoms with van der Waals surface area (Å²) in [6.07, 6.45) is 1.99. The zero-order valence-electron chi connectivity index (χ0n) is 11.4. The van der Waals surface area contributed by atoms with E-state index in [1.54, 1.807) is 11.8 Å². The van der Waals surface area contributed by atoms with Crippen molar-refractivity contribution in [2.24, 2.45) is 0 Å². The van der Waals surface area contributed by atoms with Gasteiger partial charge in [-0.15, -0.1) is 0 Å². The molecule has 2 heterocycles. The molecule has 0 aromatic carbocycles. The zero-order chi connectivity index (χ0) is 13.2. The lowest BCUT2D eigenvalue weighted by Crippen LogP contribution is -2.53. The van der Waals surface area contributed by atoms with Gasteiger partial charge in [-0.3, -0.25) is 0 Å². The summed E-state index contributed by atoms with van der Waals surface area (Å²) >= 11 is 1.56. The minimum atomic E-state index is -0.0344. The van der Waals surface area contributed by atoms with Crippen molar-refractivity contribution in [3.05, 3.63) is 6.07 Å². The average Bonchev–Trinajstić information content (AvgIpc) is 2.37. The molecule has 1 N–H and O–H groups in total. The summed E-state index contributed by atoms with van der Waals surface area (Å²) < 4.78 is 5.54. The molecule has 0 atom stereocenters. The van der Waals surface area contributed by atoms with Crippen LogP contribution in [0.4, 0.5) is 11.6 Å². The van der Waals surface area contributed by atoms with Crippen molar-refractivity contribution in [1.29, 1.82) is 0 Å². The molecular weight excluding hydrogens is 248 g/mol. The predicted molar refractivity (Wildman–Crippen MR) is 75.6 cm³/mol. The molecule has 1 aliphatic rings. The summed E-state index contributed by atoms with van der Waals surface area (Å²) in [5.74, 6) is 1.82. The predicted octanol–water partition coefficient (Wildman–Crippen LogP) is 1.86. The van der Waals surface area contributed by atoms with Gasteiger partial charge < -0.3 is 15.0 Å². The summed E-state index contributed by atoms with van der Waals surface area (Å²) in [6, 6.07) is 1.99. The lowest BCUT2D eigenvalue weighted by molar-refractivity contribution is 0.0638. The van der Waals surface area contributed by atoms with Gasteiger partial charge in [-0.05, 0) is 20.1 Å². The summed E-state index contributed by atoms with van der Waals surface area (Å²) in [5.41, 5.74) is -0.0344. The van der Waals surface area contributed by atoms with Gasteiger partial charge in [0.05, 0.1) is 18.8 Å². The number of nitrogens with one attached hydrogen (secondary N) is 1. The molecule has 0 amide bonds. The first kappa shape index (κ1) is 13.4. The van der Waals surface area contributed by atoms with E-state index in [0.717, 1.165) is 36.6 Å². The van der Waals surface area contributed by atoms with Gasteiger partial charge in [0.25, 0.3) is 0 Å². The van der Waals surface area contributed by atoms with Crippen LogP contribution in [0, 0.1) is 0 Å². The van der Waals surface area contributed by atoms with E-state index in [9.17, 15) is 0 Å². The fourth-order valence-electron chi connectivity index (χ4n) is 2.05. The van der Waals surface area contributed by atoms with Gasteiger partial charge in [-0.1, -0.05) is 11.8 Å². The van der Waals surface area contributed by atoms with E-state index in [0.29, 0.717) is 0 Å². The van der Waals surface area contributed by atoms with E-state index >= 15 is 0 Å². The SMILES string of the molecule is CNc1cc(N2CCOCC2(C)C)nc(SC)n1. The molecule has 6 heteroatoms. The Kier molecular flexibility index (Phi) is 3.97. The number of hydrogen-bond donors (Lipinski definition) is 1. The maximum absolute atomic E-state index is 5.54. The highest BCUT2D eigenvalue weighted by atomic mass is 32.2. The molecule has 0 radical (unpaired) electrons. The minimum absolute atomic E-state index is 0.0344. The van der Waals surface area contributed by atoms with Crippen molar-refractivity contribution in [3.63, 3.8) is 0 Å². The van der Waals surface area contributed by atoms with Gasteiger partial charge in [0.1, 0.15) is 11.6 Å². The second kappa shape index (κ2) is 5.32. The van der Waals surface area contributed by atoms with E-state index in [1.165, 1.54) is 0 Å². The highest BCUT2D eigenvalue weighted by molar-refractivity contribution is 7.98. The van der Waals surface area contributed by atoms with E-state index < -0.39 is 0 Å². The maximum Gasteiger partial charge on any atom is 0.191 e. The fraction of sp³-hybridized carbons (Fsp3) is 0.667. The Bertz CT molecular complexity index is 402. The smallest absolute Gasteiger partial charge is 0.191 e. The molecule has 1 fully saturated rings. The Labute approximate surface area is 112 Å². The van der Waals surface area contributed by atoms with Crippen LogP contribution >= 0.6 is 11.8 Å². The number of thioether (sulfide) groups is 1. The standard InChI is InChI=1S/C12H20N4OS/c1-12(2)8-17-6-5-16(12)10-7-9(13-3)14-11(15-10)18-4/h7H,5-6,8H2,1-4H3,(H,13,14,15). The molecule has 1 aromatic heterocycles. The summed E-state index contributed by atoms with van der Waals surface area (Å²) in [5, 5.41) is 3.88. The Hall–Kier alpha value is -1.01. The molecule has 18 heavy (non-hydrogen) atoms. The molecule has 0 saturated carbocycles. The number of nitrogens with zero attached hydrogens (tertiary/aromatic N) is 3. The third-order valence-corrected chi connectivity index (χ3v) is 3.60. The molecule has 5 nitrogen and oxygen atoms in total. The monoisotopic (exact) mass is 268 g/mol. The van der Waals surface area contributed by atoms with Crippen molar-refractivity contribution in [2.45, 2.75) is 24.5 Å². The van der Waals surface area contributed by atoms with Crippen LogP contribution in [0.25, 0.3) is 0 Å². The Balaban J connectivity index is 2.36. The van der Waals surface area contributed by atoms with Gasteiger partial charge >= 0.3 is 0 Å². The average molecular weight is 268 g/mol. The second-order valence-electron chi connectivity index (χ2n) is 4.86. The molecule has 0 bridgehead atoms. The first-order valence-corrected chi connectivity index (χ1v) is 7.25.